The molecule has 10 heavy (non-hydrogen) atoms. The largest absolute Gasteiger partial charge is 0.357 e. The molecule has 3 nitrogen and oxygen atoms in total. The molecule has 0 aliphatic carbocycles. The van der Waals surface area contributed by atoms with Crippen molar-refractivity contribution in [2.24, 2.45) is 0 Å². The van der Waals surface area contributed by atoms with Gasteiger partial charge in [-0.3, -0.25) is 0 Å². The van der Waals surface area contributed by atoms with E-state index in [-0.39, 0.29) is 0 Å². The van der Waals surface area contributed by atoms with Crippen molar-refractivity contribution in [3.63, 3.8) is 0 Å². The van der Waals surface area contributed by atoms with E-state index >= 15 is 0 Å². The first-order valence-corrected chi connectivity index (χ1v) is 4.16. The van der Waals surface area contributed by atoms with Crippen molar-refractivity contribution < 1.29 is 5.73 Å². The topological polar surface area (TPSA) is 53.4 Å². The average molecular weight is 250 g/mol. The van der Waals surface area contributed by atoms with Gasteiger partial charge >= 0.3 is 0 Å². The smallest absolute Gasteiger partial charge is 0.133 e. The number of halogens is 1. The molecule has 1 aromatic rings. The molecular weight excluding hydrogens is 241 g/mol. The van der Waals surface area contributed by atoms with Crippen LogP contribution in [0.4, 0.5) is 0 Å². The minimum Gasteiger partial charge on any atom is -0.357 e. The van der Waals surface area contributed by atoms with Crippen LogP contribution >= 0.6 is 22.6 Å². The summed E-state index contributed by atoms with van der Waals surface area (Å²) in [5.74, 6) is 0.885. The Labute approximate surface area is 73.2 Å². The third-order valence-electron chi connectivity index (χ3n) is 1.07. The lowest BCUT2D eigenvalue weighted by Gasteiger charge is -1.93. The molecule has 3 N–H and O–H groups in total. The standard InChI is InChI=1S/C6H8IN3/c7-5-3-9-6(1-2-8)10-4-5/h3-4H,1-2,8H2/p+1. The van der Waals surface area contributed by atoms with Crippen molar-refractivity contribution in [1.82, 2.24) is 9.97 Å². The lowest BCUT2D eigenvalue weighted by Crippen LogP contribution is -2.51. The summed E-state index contributed by atoms with van der Waals surface area (Å²) in [4.78, 5) is 8.22. The molecule has 1 rings (SSSR count). The van der Waals surface area contributed by atoms with Gasteiger partial charge in [0.1, 0.15) is 5.82 Å². The van der Waals surface area contributed by atoms with Crippen LogP contribution in [0.15, 0.2) is 12.4 Å². The summed E-state index contributed by atoms with van der Waals surface area (Å²) >= 11 is 2.18. The van der Waals surface area contributed by atoms with Crippen molar-refractivity contribution in [2.45, 2.75) is 6.42 Å². The number of hydrogen-bond acceptors (Lipinski definition) is 2. The van der Waals surface area contributed by atoms with Crippen LogP contribution in [0.5, 0.6) is 0 Å². The Morgan fingerprint density at radius 3 is 2.50 bits per heavy atom. The van der Waals surface area contributed by atoms with Crippen LogP contribution in [-0.4, -0.2) is 16.5 Å². The predicted molar refractivity (Wildman–Crippen MR) is 46.2 cm³/mol. The fourth-order valence-electron chi connectivity index (χ4n) is 0.626. The second-order valence-electron chi connectivity index (χ2n) is 1.92. The molecular formula is C6H9IN3+. The summed E-state index contributed by atoms with van der Waals surface area (Å²) < 4.78 is 1.07. The van der Waals surface area contributed by atoms with Gasteiger partial charge in [0.2, 0.25) is 0 Å². The van der Waals surface area contributed by atoms with Crippen LogP contribution in [0, 0.1) is 3.57 Å². The molecule has 0 fully saturated rings. The normalized spacial score (nSPS) is 9.80. The van der Waals surface area contributed by atoms with Crippen molar-refractivity contribution >= 4 is 22.6 Å². The van der Waals surface area contributed by atoms with Gasteiger partial charge in [-0.25, -0.2) is 9.97 Å². The van der Waals surface area contributed by atoms with Crippen LogP contribution in [-0.2, 0) is 6.42 Å². The fraction of sp³-hybridized carbons (Fsp3) is 0.333. The summed E-state index contributed by atoms with van der Waals surface area (Å²) in [6.07, 6.45) is 4.51. The van der Waals surface area contributed by atoms with Crippen LogP contribution in [0.1, 0.15) is 5.82 Å². The van der Waals surface area contributed by atoms with E-state index < -0.39 is 0 Å². The number of quaternary nitrogens is 1. The zero-order valence-corrected chi connectivity index (χ0v) is 7.71. The Balaban J connectivity index is 2.69. The first-order chi connectivity index (χ1) is 4.83. The molecule has 0 atom stereocenters. The summed E-state index contributed by atoms with van der Waals surface area (Å²) in [5.41, 5.74) is 3.72. The maximum atomic E-state index is 4.11. The van der Waals surface area contributed by atoms with Gasteiger partial charge < -0.3 is 5.73 Å². The van der Waals surface area contributed by atoms with Gasteiger partial charge in [-0.2, -0.15) is 0 Å². The highest BCUT2D eigenvalue weighted by Gasteiger charge is 1.93. The van der Waals surface area contributed by atoms with Gasteiger partial charge in [-0.1, -0.05) is 0 Å². The third-order valence-corrected chi connectivity index (χ3v) is 1.63. The van der Waals surface area contributed by atoms with Crippen molar-refractivity contribution in [1.29, 1.82) is 0 Å². The second-order valence-corrected chi connectivity index (χ2v) is 3.17. The van der Waals surface area contributed by atoms with E-state index in [1.54, 1.807) is 0 Å². The quantitative estimate of drug-likeness (QED) is 0.743. The number of hydrogen-bond donors (Lipinski definition) is 1. The van der Waals surface area contributed by atoms with E-state index in [0.29, 0.717) is 0 Å². The molecule has 0 radical (unpaired) electrons. The number of nitrogens with zero attached hydrogens (tertiary/aromatic N) is 2. The molecule has 0 saturated heterocycles. The highest BCUT2D eigenvalue weighted by atomic mass is 127. The molecule has 4 heteroatoms. The highest BCUT2D eigenvalue weighted by molar-refractivity contribution is 14.1. The number of aromatic nitrogens is 2. The van der Waals surface area contributed by atoms with E-state index in [1.165, 1.54) is 0 Å². The van der Waals surface area contributed by atoms with Crippen molar-refractivity contribution in [3.05, 3.63) is 21.8 Å². The van der Waals surface area contributed by atoms with E-state index in [4.69, 9.17) is 0 Å². The summed E-state index contributed by atoms with van der Waals surface area (Å²) in [6, 6.07) is 0. The average Bonchev–Trinajstić information content (AvgIpc) is 1.95. The molecule has 0 bridgehead atoms. The van der Waals surface area contributed by atoms with Gasteiger partial charge in [0.15, 0.2) is 0 Å². The highest BCUT2D eigenvalue weighted by Crippen LogP contribution is 1.98. The summed E-state index contributed by atoms with van der Waals surface area (Å²) in [7, 11) is 0. The molecule has 0 aliphatic heterocycles. The van der Waals surface area contributed by atoms with Gasteiger partial charge in [0.25, 0.3) is 0 Å². The van der Waals surface area contributed by atoms with Crippen LogP contribution in [0.2, 0.25) is 0 Å². The molecule has 1 aromatic heterocycles. The third kappa shape index (κ3) is 2.18. The lowest BCUT2D eigenvalue weighted by atomic mass is 10.4. The van der Waals surface area contributed by atoms with E-state index in [0.717, 1.165) is 22.4 Å². The Morgan fingerprint density at radius 1 is 1.40 bits per heavy atom. The lowest BCUT2D eigenvalue weighted by molar-refractivity contribution is -0.366. The van der Waals surface area contributed by atoms with E-state index in [1.807, 2.05) is 12.4 Å². The Kier molecular flexibility index (Phi) is 3.01. The van der Waals surface area contributed by atoms with Crippen LogP contribution in [0.25, 0.3) is 0 Å². The zero-order chi connectivity index (χ0) is 7.40. The second kappa shape index (κ2) is 3.82. The minimum absolute atomic E-state index is 0.862. The maximum Gasteiger partial charge on any atom is 0.133 e. The fourth-order valence-corrected chi connectivity index (χ4v) is 0.905. The van der Waals surface area contributed by atoms with Gasteiger partial charge in [-0.15, -0.1) is 0 Å². The molecule has 0 spiro atoms. The van der Waals surface area contributed by atoms with Crippen LogP contribution in [0.3, 0.4) is 0 Å². The molecule has 0 amide bonds. The Morgan fingerprint density at radius 2 is 2.00 bits per heavy atom. The first kappa shape index (κ1) is 7.87. The molecule has 0 aliphatic rings. The summed E-state index contributed by atoms with van der Waals surface area (Å²) in [6.45, 7) is 0.862. The SMILES string of the molecule is [NH3+]CCc1ncc(I)cn1. The van der Waals surface area contributed by atoms with Gasteiger partial charge in [0.05, 0.1) is 13.0 Å². The Hall–Kier alpha value is -0.230. The molecule has 54 valence electrons. The zero-order valence-electron chi connectivity index (χ0n) is 5.55. The van der Waals surface area contributed by atoms with E-state index in [9.17, 15) is 0 Å². The molecule has 0 unspecified atom stereocenters. The predicted octanol–water partition coefficient (Wildman–Crippen LogP) is -0.134. The van der Waals surface area contributed by atoms with Crippen molar-refractivity contribution in [3.8, 4) is 0 Å². The minimum atomic E-state index is 0.862. The van der Waals surface area contributed by atoms with E-state index in [2.05, 4.69) is 38.3 Å². The maximum absolute atomic E-state index is 4.11. The molecule has 0 saturated carbocycles. The summed E-state index contributed by atoms with van der Waals surface area (Å²) in [5, 5.41) is 0. The Bertz CT molecular complexity index is 197. The molecule has 0 aromatic carbocycles. The molecule has 1 heterocycles. The number of rotatable bonds is 2. The van der Waals surface area contributed by atoms with Crippen molar-refractivity contribution in [2.75, 3.05) is 6.54 Å². The van der Waals surface area contributed by atoms with Crippen LogP contribution < -0.4 is 5.73 Å². The first-order valence-electron chi connectivity index (χ1n) is 3.08. The monoisotopic (exact) mass is 250 g/mol. The van der Waals surface area contributed by atoms with Gasteiger partial charge in [-0.05, 0) is 22.6 Å². The van der Waals surface area contributed by atoms with Gasteiger partial charge in [0, 0.05) is 16.0 Å².